The van der Waals surface area contributed by atoms with E-state index in [-0.39, 0.29) is 48.7 Å². The fourth-order valence-electron chi connectivity index (χ4n) is 3.38. The smallest absolute Gasteiger partial charge is 0.243 e. The lowest BCUT2D eigenvalue weighted by atomic mass is 10.1. The van der Waals surface area contributed by atoms with Crippen LogP contribution in [0.15, 0.2) is 23.1 Å². The van der Waals surface area contributed by atoms with Gasteiger partial charge in [0.1, 0.15) is 5.82 Å². The van der Waals surface area contributed by atoms with Gasteiger partial charge in [-0.2, -0.15) is 4.31 Å². The summed E-state index contributed by atoms with van der Waals surface area (Å²) in [6.45, 7) is 2.03. The van der Waals surface area contributed by atoms with Crippen LogP contribution in [-0.4, -0.2) is 48.6 Å². The van der Waals surface area contributed by atoms with E-state index in [1.54, 1.807) is 6.92 Å². The second kappa shape index (κ2) is 6.25. The van der Waals surface area contributed by atoms with E-state index < -0.39 is 15.8 Å². The van der Waals surface area contributed by atoms with Crippen LogP contribution in [0.1, 0.15) is 31.2 Å². The number of aryl methyl sites for hydroxylation is 1. The standard InChI is InChI=1S/C16H19FN2O4S/c1-11-10-12(17)2-3-14(11)24(22,23)18-8-6-13(7-9-18)19-15(20)4-5-16(19)21/h2-3,10,13H,4-9H2,1H3. The summed E-state index contributed by atoms with van der Waals surface area (Å²) in [7, 11) is -3.71. The van der Waals surface area contributed by atoms with Crippen molar-refractivity contribution >= 4 is 21.8 Å². The molecule has 0 aliphatic carbocycles. The monoisotopic (exact) mass is 354 g/mol. The molecule has 0 N–H and O–H groups in total. The third-order valence-electron chi connectivity index (χ3n) is 4.63. The minimum Gasteiger partial charge on any atom is -0.279 e. The van der Waals surface area contributed by atoms with Gasteiger partial charge in [0.2, 0.25) is 21.8 Å². The molecule has 2 saturated heterocycles. The van der Waals surface area contributed by atoms with Crippen molar-refractivity contribution in [2.24, 2.45) is 0 Å². The van der Waals surface area contributed by atoms with E-state index in [2.05, 4.69) is 0 Å². The number of hydrogen-bond donors (Lipinski definition) is 0. The molecule has 2 aliphatic heterocycles. The molecule has 1 aromatic carbocycles. The Morgan fingerprint density at radius 3 is 2.21 bits per heavy atom. The number of nitrogens with zero attached hydrogens (tertiary/aromatic N) is 2. The van der Waals surface area contributed by atoms with E-state index in [1.165, 1.54) is 21.3 Å². The number of carbonyl (C=O) groups excluding carboxylic acids is 2. The van der Waals surface area contributed by atoms with Gasteiger partial charge in [-0.15, -0.1) is 0 Å². The molecule has 2 amide bonds. The average molecular weight is 354 g/mol. The molecule has 24 heavy (non-hydrogen) atoms. The molecule has 6 nitrogen and oxygen atoms in total. The zero-order chi connectivity index (χ0) is 17.5. The zero-order valence-corrected chi connectivity index (χ0v) is 14.2. The summed E-state index contributed by atoms with van der Waals surface area (Å²) in [4.78, 5) is 25.0. The van der Waals surface area contributed by atoms with Crippen molar-refractivity contribution in [3.8, 4) is 0 Å². The van der Waals surface area contributed by atoms with Crippen LogP contribution in [0, 0.1) is 12.7 Å². The summed E-state index contributed by atoms with van der Waals surface area (Å²) in [6.07, 6.45) is 1.34. The van der Waals surface area contributed by atoms with Crippen molar-refractivity contribution in [2.75, 3.05) is 13.1 Å². The van der Waals surface area contributed by atoms with Gasteiger partial charge in [-0.25, -0.2) is 12.8 Å². The molecule has 0 atom stereocenters. The molecule has 2 heterocycles. The fourth-order valence-corrected chi connectivity index (χ4v) is 5.06. The second-order valence-electron chi connectivity index (χ2n) is 6.20. The van der Waals surface area contributed by atoms with Crippen molar-refractivity contribution in [3.63, 3.8) is 0 Å². The Morgan fingerprint density at radius 1 is 1.08 bits per heavy atom. The van der Waals surface area contributed by atoms with E-state index in [9.17, 15) is 22.4 Å². The number of rotatable bonds is 3. The highest BCUT2D eigenvalue weighted by atomic mass is 32.2. The molecule has 3 rings (SSSR count). The number of hydrogen-bond acceptors (Lipinski definition) is 4. The quantitative estimate of drug-likeness (QED) is 0.770. The van der Waals surface area contributed by atoms with Gasteiger partial charge in [0.05, 0.1) is 4.90 Å². The number of imide groups is 1. The summed E-state index contributed by atoms with van der Waals surface area (Å²) in [5.41, 5.74) is 0.363. The molecule has 0 radical (unpaired) electrons. The van der Waals surface area contributed by atoms with Crippen molar-refractivity contribution in [1.82, 2.24) is 9.21 Å². The first-order chi connectivity index (χ1) is 11.3. The maximum absolute atomic E-state index is 13.2. The molecule has 0 aromatic heterocycles. The molecule has 2 fully saturated rings. The SMILES string of the molecule is Cc1cc(F)ccc1S(=O)(=O)N1CCC(N2C(=O)CCC2=O)CC1. The predicted octanol–water partition coefficient (Wildman–Crippen LogP) is 1.44. The number of piperidine rings is 1. The summed E-state index contributed by atoms with van der Waals surface area (Å²) in [5.74, 6) is -0.817. The highest BCUT2D eigenvalue weighted by Gasteiger charge is 2.38. The summed E-state index contributed by atoms with van der Waals surface area (Å²) in [5, 5.41) is 0. The molecule has 1 aromatic rings. The van der Waals surface area contributed by atoms with Gasteiger partial charge in [-0.1, -0.05) is 0 Å². The third-order valence-corrected chi connectivity index (χ3v) is 6.69. The van der Waals surface area contributed by atoms with Crippen molar-refractivity contribution < 1.29 is 22.4 Å². The van der Waals surface area contributed by atoms with Gasteiger partial charge >= 0.3 is 0 Å². The van der Waals surface area contributed by atoms with Gasteiger partial charge in [0, 0.05) is 32.0 Å². The Hall–Kier alpha value is -1.80. The van der Waals surface area contributed by atoms with Crippen molar-refractivity contribution in [1.29, 1.82) is 0 Å². The minimum absolute atomic E-state index is 0.0932. The molecule has 2 aliphatic rings. The van der Waals surface area contributed by atoms with Gasteiger partial charge in [-0.3, -0.25) is 14.5 Å². The average Bonchev–Trinajstić information content (AvgIpc) is 2.86. The summed E-state index contributed by atoms with van der Waals surface area (Å²) < 4.78 is 40.0. The number of sulfonamides is 1. The first-order valence-electron chi connectivity index (χ1n) is 7.92. The van der Waals surface area contributed by atoms with Crippen molar-refractivity contribution in [3.05, 3.63) is 29.6 Å². The van der Waals surface area contributed by atoms with E-state index in [0.717, 1.165) is 6.07 Å². The van der Waals surface area contributed by atoms with Crippen LogP contribution in [0.4, 0.5) is 4.39 Å². The molecule has 8 heteroatoms. The van der Waals surface area contributed by atoms with Gasteiger partial charge in [0.25, 0.3) is 0 Å². The lowest BCUT2D eigenvalue weighted by molar-refractivity contribution is -0.141. The Labute approximate surface area is 140 Å². The number of carbonyl (C=O) groups is 2. The Kier molecular flexibility index (Phi) is 4.44. The number of halogens is 1. The second-order valence-corrected chi connectivity index (χ2v) is 8.11. The molecule has 130 valence electrons. The van der Waals surface area contributed by atoms with E-state index in [0.29, 0.717) is 18.4 Å². The molecule has 0 bridgehead atoms. The number of likely N-dealkylation sites (tertiary alicyclic amines) is 1. The minimum atomic E-state index is -3.71. The molecule has 0 saturated carbocycles. The first-order valence-corrected chi connectivity index (χ1v) is 9.36. The van der Waals surface area contributed by atoms with Crippen molar-refractivity contribution in [2.45, 2.75) is 43.5 Å². The highest BCUT2D eigenvalue weighted by Crippen LogP contribution is 2.27. The van der Waals surface area contributed by atoms with Crippen LogP contribution in [0.2, 0.25) is 0 Å². The Bertz CT molecular complexity index is 769. The highest BCUT2D eigenvalue weighted by molar-refractivity contribution is 7.89. The molecular weight excluding hydrogens is 335 g/mol. The third kappa shape index (κ3) is 2.95. The number of amides is 2. The van der Waals surface area contributed by atoms with Gasteiger partial charge < -0.3 is 0 Å². The van der Waals surface area contributed by atoms with Gasteiger partial charge in [0.15, 0.2) is 0 Å². The van der Waals surface area contributed by atoms with E-state index in [4.69, 9.17) is 0 Å². The summed E-state index contributed by atoms with van der Waals surface area (Å²) >= 11 is 0. The Balaban J connectivity index is 1.74. The molecular formula is C16H19FN2O4S. The largest absolute Gasteiger partial charge is 0.279 e. The normalized spacial score (nSPS) is 20.8. The van der Waals surface area contributed by atoms with Crippen LogP contribution < -0.4 is 0 Å². The number of benzene rings is 1. The lowest BCUT2D eigenvalue weighted by Crippen LogP contribution is -2.48. The predicted molar refractivity (Wildman–Crippen MR) is 84.0 cm³/mol. The van der Waals surface area contributed by atoms with Crippen LogP contribution in [-0.2, 0) is 19.6 Å². The van der Waals surface area contributed by atoms with Crippen LogP contribution in [0.5, 0.6) is 0 Å². The van der Waals surface area contributed by atoms with Crippen LogP contribution >= 0.6 is 0 Å². The topological polar surface area (TPSA) is 74.8 Å². The van der Waals surface area contributed by atoms with Crippen LogP contribution in [0.3, 0.4) is 0 Å². The van der Waals surface area contributed by atoms with Gasteiger partial charge in [-0.05, 0) is 43.5 Å². The van der Waals surface area contributed by atoms with E-state index >= 15 is 0 Å². The molecule has 0 unspecified atom stereocenters. The maximum atomic E-state index is 13.2. The lowest BCUT2D eigenvalue weighted by Gasteiger charge is -2.35. The zero-order valence-electron chi connectivity index (χ0n) is 13.4. The molecule has 0 spiro atoms. The van der Waals surface area contributed by atoms with Crippen LogP contribution in [0.25, 0.3) is 0 Å². The summed E-state index contributed by atoms with van der Waals surface area (Å²) in [6, 6.07) is 3.38. The van der Waals surface area contributed by atoms with E-state index in [1.807, 2.05) is 0 Å². The fraction of sp³-hybridized carbons (Fsp3) is 0.500. The maximum Gasteiger partial charge on any atom is 0.243 e. The first kappa shape index (κ1) is 17.0. The Morgan fingerprint density at radius 2 is 1.67 bits per heavy atom.